The SMILES string of the molecule is CCNCC1C(C)NNC1c1ccc(OC(C)C)cc1. The lowest BCUT2D eigenvalue weighted by atomic mass is 9.90. The van der Waals surface area contributed by atoms with Crippen molar-refractivity contribution in [3.63, 3.8) is 0 Å². The van der Waals surface area contributed by atoms with Crippen LogP contribution in [0.3, 0.4) is 0 Å². The van der Waals surface area contributed by atoms with Gasteiger partial charge in [0, 0.05) is 18.5 Å². The summed E-state index contributed by atoms with van der Waals surface area (Å²) in [5.41, 5.74) is 8.07. The van der Waals surface area contributed by atoms with Crippen LogP contribution >= 0.6 is 0 Å². The molecule has 0 saturated carbocycles. The number of nitrogens with one attached hydrogen (secondary N) is 3. The first-order valence-electron chi connectivity index (χ1n) is 7.60. The molecule has 1 fully saturated rings. The van der Waals surface area contributed by atoms with Crippen molar-refractivity contribution < 1.29 is 4.74 Å². The molecule has 3 atom stereocenters. The van der Waals surface area contributed by atoms with Crippen LogP contribution in [-0.4, -0.2) is 25.2 Å². The predicted molar refractivity (Wildman–Crippen MR) is 82.7 cm³/mol. The summed E-state index contributed by atoms with van der Waals surface area (Å²) < 4.78 is 5.70. The first-order valence-corrected chi connectivity index (χ1v) is 7.60. The molecule has 1 saturated heterocycles. The molecule has 3 unspecified atom stereocenters. The second kappa shape index (κ2) is 7.07. The van der Waals surface area contributed by atoms with Gasteiger partial charge in [-0.1, -0.05) is 19.1 Å². The van der Waals surface area contributed by atoms with Gasteiger partial charge in [-0.3, -0.25) is 5.43 Å². The highest BCUT2D eigenvalue weighted by Crippen LogP contribution is 2.29. The maximum Gasteiger partial charge on any atom is 0.119 e. The van der Waals surface area contributed by atoms with E-state index in [1.165, 1.54) is 5.56 Å². The van der Waals surface area contributed by atoms with Gasteiger partial charge in [0.05, 0.1) is 12.1 Å². The normalized spacial score (nSPS) is 26.1. The minimum absolute atomic E-state index is 0.216. The lowest BCUT2D eigenvalue weighted by Gasteiger charge is -2.22. The molecule has 4 nitrogen and oxygen atoms in total. The van der Waals surface area contributed by atoms with E-state index < -0.39 is 0 Å². The Morgan fingerprint density at radius 3 is 2.50 bits per heavy atom. The average molecular weight is 277 g/mol. The number of benzene rings is 1. The van der Waals surface area contributed by atoms with E-state index in [1.54, 1.807) is 0 Å². The van der Waals surface area contributed by atoms with E-state index in [2.05, 4.69) is 54.3 Å². The summed E-state index contributed by atoms with van der Waals surface area (Å²) in [5, 5.41) is 3.45. The number of hydrogen-bond donors (Lipinski definition) is 3. The summed E-state index contributed by atoms with van der Waals surface area (Å²) in [6.07, 6.45) is 0.216. The third kappa shape index (κ3) is 3.72. The molecule has 0 amide bonds. The molecule has 4 heteroatoms. The standard InChI is InChI=1S/C16H27N3O/c1-5-17-10-15-12(4)18-19-16(15)13-6-8-14(9-7-13)20-11(2)3/h6-9,11-12,15-19H,5,10H2,1-4H3. The molecular weight excluding hydrogens is 250 g/mol. The highest BCUT2D eigenvalue weighted by molar-refractivity contribution is 5.30. The molecule has 1 aromatic rings. The number of ether oxygens (including phenoxy) is 1. The third-order valence-corrected chi connectivity index (χ3v) is 3.78. The Morgan fingerprint density at radius 2 is 1.90 bits per heavy atom. The number of rotatable bonds is 6. The summed E-state index contributed by atoms with van der Waals surface area (Å²) >= 11 is 0. The zero-order valence-electron chi connectivity index (χ0n) is 12.9. The van der Waals surface area contributed by atoms with Crippen LogP contribution in [0.15, 0.2) is 24.3 Å². The highest BCUT2D eigenvalue weighted by atomic mass is 16.5. The van der Waals surface area contributed by atoms with Crippen molar-refractivity contribution in [3.8, 4) is 5.75 Å². The molecular formula is C16H27N3O. The molecule has 0 spiro atoms. The molecule has 0 bridgehead atoms. The maximum absolute atomic E-state index is 5.70. The van der Waals surface area contributed by atoms with E-state index >= 15 is 0 Å². The Kier molecular flexibility index (Phi) is 5.40. The van der Waals surface area contributed by atoms with Crippen molar-refractivity contribution in [2.24, 2.45) is 5.92 Å². The van der Waals surface area contributed by atoms with Gasteiger partial charge in [-0.05, 0) is 45.0 Å². The molecule has 0 radical (unpaired) electrons. The number of hydrogen-bond acceptors (Lipinski definition) is 4. The monoisotopic (exact) mass is 277 g/mol. The Bertz CT molecular complexity index is 405. The van der Waals surface area contributed by atoms with Crippen molar-refractivity contribution in [1.82, 2.24) is 16.2 Å². The van der Waals surface area contributed by atoms with Gasteiger partial charge in [0.25, 0.3) is 0 Å². The fraction of sp³-hybridized carbons (Fsp3) is 0.625. The van der Waals surface area contributed by atoms with Gasteiger partial charge < -0.3 is 10.1 Å². The van der Waals surface area contributed by atoms with Crippen molar-refractivity contribution in [2.75, 3.05) is 13.1 Å². The fourth-order valence-corrected chi connectivity index (χ4v) is 2.69. The van der Waals surface area contributed by atoms with Crippen LogP contribution in [0.25, 0.3) is 0 Å². The van der Waals surface area contributed by atoms with Crippen LogP contribution in [0.4, 0.5) is 0 Å². The Balaban J connectivity index is 2.05. The molecule has 2 rings (SSSR count). The minimum atomic E-state index is 0.216. The minimum Gasteiger partial charge on any atom is -0.491 e. The molecule has 0 aliphatic carbocycles. The van der Waals surface area contributed by atoms with Crippen molar-refractivity contribution >= 4 is 0 Å². The molecule has 0 aromatic heterocycles. The number of hydrazine groups is 1. The summed E-state index contributed by atoms with van der Waals surface area (Å²) in [4.78, 5) is 0. The van der Waals surface area contributed by atoms with Gasteiger partial charge >= 0.3 is 0 Å². The highest BCUT2D eigenvalue weighted by Gasteiger charge is 2.33. The van der Waals surface area contributed by atoms with Crippen molar-refractivity contribution in [3.05, 3.63) is 29.8 Å². The van der Waals surface area contributed by atoms with E-state index in [9.17, 15) is 0 Å². The van der Waals surface area contributed by atoms with Crippen LogP contribution in [0.1, 0.15) is 39.3 Å². The summed E-state index contributed by atoms with van der Waals surface area (Å²) in [7, 11) is 0. The van der Waals surface area contributed by atoms with E-state index in [-0.39, 0.29) is 6.10 Å². The summed E-state index contributed by atoms with van der Waals surface area (Å²) in [6, 6.07) is 9.25. The Labute approximate surface area is 122 Å². The largest absolute Gasteiger partial charge is 0.491 e. The van der Waals surface area contributed by atoms with Gasteiger partial charge in [0.1, 0.15) is 5.75 Å². The van der Waals surface area contributed by atoms with Crippen LogP contribution in [0.5, 0.6) is 5.75 Å². The van der Waals surface area contributed by atoms with Gasteiger partial charge in [-0.2, -0.15) is 0 Å². The van der Waals surface area contributed by atoms with Gasteiger partial charge in [0.2, 0.25) is 0 Å². The zero-order chi connectivity index (χ0) is 14.5. The lowest BCUT2D eigenvalue weighted by molar-refractivity contribution is 0.242. The van der Waals surface area contributed by atoms with Gasteiger partial charge in [0.15, 0.2) is 0 Å². The molecule has 3 N–H and O–H groups in total. The first kappa shape index (κ1) is 15.3. The van der Waals surface area contributed by atoms with Crippen LogP contribution in [0.2, 0.25) is 0 Å². The molecule has 112 valence electrons. The first-order chi connectivity index (χ1) is 9.61. The quantitative estimate of drug-likeness (QED) is 0.746. The second-order valence-electron chi connectivity index (χ2n) is 5.76. The van der Waals surface area contributed by atoms with E-state index in [4.69, 9.17) is 4.74 Å². The predicted octanol–water partition coefficient (Wildman–Crippen LogP) is 2.24. The van der Waals surface area contributed by atoms with Crippen LogP contribution in [-0.2, 0) is 0 Å². The fourth-order valence-electron chi connectivity index (χ4n) is 2.69. The zero-order valence-corrected chi connectivity index (χ0v) is 12.9. The van der Waals surface area contributed by atoms with E-state index in [0.717, 1.165) is 18.8 Å². The van der Waals surface area contributed by atoms with Gasteiger partial charge in [-0.25, -0.2) is 5.43 Å². The summed E-state index contributed by atoms with van der Waals surface area (Å²) in [5.74, 6) is 1.48. The second-order valence-corrected chi connectivity index (χ2v) is 5.76. The van der Waals surface area contributed by atoms with Crippen LogP contribution in [0, 0.1) is 5.92 Å². The molecule has 20 heavy (non-hydrogen) atoms. The Hall–Kier alpha value is -1.10. The average Bonchev–Trinajstić information content (AvgIpc) is 2.78. The van der Waals surface area contributed by atoms with Gasteiger partial charge in [-0.15, -0.1) is 0 Å². The summed E-state index contributed by atoms with van der Waals surface area (Å²) in [6.45, 7) is 10.5. The molecule has 1 aromatic carbocycles. The third-order valence-electron chi connectivity index (χ3n) is 3.78. The smallest absolute Gasteiger partial charge is 0.119 e. The van der Waals surface area contributed by atoms with Crippen molar-refractivity contribution in [1.29, 1.82) is 0 Å². The van der Waals surface area contributed by atoms with Crippen molar-refractivity contribution in [2.45, 2.75) is 45.9 Å². The maximum atomic E-state index is 5.70. The molecule has 1 aliphatic heterocycles. The van der Waals surface area contributed by atoms with Crippen LogP contribution < -0.4 is 20.9 Å². The molecule has 1 heterocycles. The topological polar surface area (TPSA) is 45.3 Å². The van der Waals surface area contributed by atoms with E-state index in [1.807, 2.05) is 13.8 Å². The lowest BCUT2D eigenvalue weighted by Crippen LogP contribution is -2.32. The Morgan fingerprint density at radius 1 is 1.20 bits per heavy atom. The molecule has 1 aliphatic rings. The van der Waals surface area contributed by atoms with E-state index in [0.29, 0.717) is 18.0 Å².